The van der Waals surface area contributed by atoms with E-state index in [1.54, 1.807) is 6.07 Å². The van der Waals surface area contributed by atoms with Crippen molar-refractivity contribution in [3.05, 3.63) is 60.2 Å². The van der Waals surface area contributed by atoms with Crippen molar-refractivity contribution in [3.8, 4) is 5.75 Å². The van der Waals surface area contributed by atoms with Crippen LogP contribution in [0.3, 0.4) is 0 Å². The zero-order valence-electron chi connectivity index (χ0n) is 51.3. The number of benzene rings is 2. The molecule has 24 unspecified atom stereocenters. The highest BCUT2D eigenvalue weighted by atomic mass is 16.7. The van der Waals surface area contributed by atoms with Crippen molar-refractivity contribution in [2.45, 2.75) is 174 Å². The van der Waals surface area contributed by atoms with Gasteiger partial charge < -0.3 is 142 Å². The fourth-order valence-corrected chi connectivity index (χ4v) is 11.5. The first-order chi connectivity index (χ1) is 45.1. The van der Waals surface area contributed by atoms with E-state index in [0.717, 1.165) is 9.80 Å². The summed E-state index contributed by atoms with van der Waals surface area (Å²) in [5.74, 6) is -9.93. The fraction of sp³-hybridized carbons (Fsp3) is 0.632. The second-order valence-corrected chi connectivity index (χ2v) is 23.7. The monoisotopic (exact) mass is 1350 g/mol. The van der Waals surface area contributed by atoms with E-state index in [1.165, 1.54) is 69.3 Å². The van der Waals surface area contributed by atoms with Crippen LogP contribution in [0, 0.1) is 16.7 Å². The zero-order valence-corrected chi connectivity index (χ0v) is 51.3. The SMILES string of the molecule is CC(C)C(=O)OC1C(O)C(CO)OC(OC2C(CO)OC(Oc3ccc(CC4NC(=O)C(C)N(c5ccccc5)C(=O)CNC(=O)C(CO)NC(=O)C(C(O)C5CNC(=N)N5C5OC(CO)C(O)C(O)C5O)NC(=O)C(C(O)C5CNC(=N)N5)NC4=O)cc3)C(O)C2O)C1O. The van der Waals surface area contributed by atoms with Crippen LogP contribution in [0.5, 0.6) is 5.75 Å². The van der Waals surface area contributed by atoms with E-state index in [1.807, 2.05) is 0 Å². The van der Waals surface area contributed by atoms with Crippen LogP contribution in [0.25, 0.3) is 0 Å². The number of carbonyl (C=O) groups is 7. The summed E-state index contributed by atoms with van der Waals surface area (Å²) in [6.45, 7) is -1.27. The van der Waals surface area contributed by atoms with Crippen LogP contribution in [-0.4, -0.2) is 317 Å². The molecule has 6 aliphatic heterocycles. The number of rotatable bonds is 18. The van der Waals surface area contributed by atoms with Crippen molar-refractivity contribution in [3.63, 3.8) is 0 Å². The summed E-state index contributed by atoms with van der Waals surface area (Å²) in [6.07, 6.45) is -32.0. The topological polar surface area (TPSA) is 588 Å². The Balaban J connectivity index is 1.09. The molecule has 6 saturated heterocycles. The van der Waals surface area contributed by atoms with E-state index >= 15 is 9.59 Å². The van der Waals surface area contributed by atoms with E-state index < -0.39 is 246 Å². The molecule has 0 spiro atoms. The van der Waals surface area contributed by atoms with Gasteiger partial charge >= 0.3 is 5.97 Å². The van der Waals surface area contributed by atoms with E-state index in [9.17, 15) is 90.4 Å². The molecule has 526 valence electrons. The first-order valence-corrected chi connectivity index (χ1v) is 30.3. The lowest BCUT2D eigenvalue weighted by Gasteiger charge is -2.46. The number of guanidine groups is 2. The maximum absolute atomic E-state index is 15.1. The highest BCUT2D eigenvalue weighted by Crippen LogP contribution is 2.33. The molecule has 0 bridgehead atoms. The molecule has 8 rings (SSSR count). The maximum atomic E-state index is 15.1. The van der Waals surface area contributed by atoms with Gasteiger partial charge in [-0.25, -0.2) is 0 Å². The van der Waals surface area contributed by atoms with Gasteiger partial charge in [-0.15, -0.1) is 0 Å². The second kappa shape index (κ2) is 32.0. The van der Waals surface area contributed by atoms with Crippen molar-refractivity contribution in [2.24, 2.45) is 5.92 Å². The minimum atomic E-state index is -2.37. The van der Waals surface area contributed by atoms with Gasteiger partial charge in [-0.2, -0.15) is 0 Å². The number of para-hydroxylation sites is 1. The summed E-state index contributed by atoms with van der Waals surface area (Å²) in [5.41, 5.74) is 0.295. The molecular formula is C57H82N12O26. The van der Waals surface area contributed by atoms with Crippen molar-refractivity contribution in [2.75, 3.05) is 51.0 Å². The quantitative estimate of drug-likeness (QED) is 0.0616. The van der Waals surface area contributed by atoms with Crippen LogP contribution in [0.1, 0.15) is 26.3 Å². The Hall–Kier alpha value is -7.61. The first-order valence-electron chi connectivity index (χ1n) is 30.3. The number of hydrogen-bond donors (Lipinski definition) is 23. The Labute approximate surface area is 540 Å². The molecular weight excluding hydrogens is 1270 g/mol. The molecule has 6 amide bonds. The number of ether oxygens (including phenoxy) is 6. The number of carbonyl (C=O) groups excluding carboxylic acids is 7. The summed E-state index contributed by atoms with van der Waals surface area (Å²) >= 11 is 0. The minimum absolute atomic E-state index is 0.0895. The minimum Gasteiger partial charge on any atom is -0.462 e. The molecule has 0 saturated carbocycles. The normalized spacial score (nSPS) is 36.2. The number of esters is 1. The highest BCUT2D eigenvalue weighted by molar-refractivity contribution is 6.04. The van der Waals surface area contributed by atoms with E-state index in [0.29, 0.717) is 0 Å². The standard InChI is InChI=1S/C57H82N12O26/c1-21(2)53(89)94-46-39(78)31(19-72)92-55(44(46)83)95-45-32(20-73)93-54(43(82)41(45)80)90-25-11-9-23(10-12-25)13-26-49(86)66-34(36(75)27-14-61-56(58)65-27)51(88)67-35(37(76)29-15-62-57(59)69(29)52-42(81)40(79)38(77)30(18-71)91-52)50(87)64-28(17-70)48(85)60-16-33(74)68(22(3)47(84)63-26)24-7-5-4-6-8-24/h4-12,21-22,26-32,34-46,52,54-55,70-73,75-83H,13-20H2,1-3H3,(H2,59,62)(H,60,85)(H,63,84)(H,64,87)(H,66,86)(H,67,88)(H3,58,61,65). The van der Waals surface area contributed by atoms with Gasteiger partial charge in [0, 0.05) is 25.2 Å². The number of hydrogen-bond acceptors (Lipinski definition) is 28. The molecule has 24 atom stereocenters. The summed E-state index contributed by atoms with van der Waals surface area (Å²) in [4.78, 5) is 102. The summed E-state index contributed by atoms with van der Waals surface area (Å²) < 4.78 is 34.0. The van der Waals surface area contributed by atoms with Gasteiger partial charge in [-0.3, -0.25) is 49.3 Å². The Morgan fingerprint density at radius 1 is 0.600 bits per heavy atom. The van der Waals surface area contributed by atoms with Crippen LogP contribution < -0.4 is 52.2 Å². The van der Waals surface area contributed by atoms with Gasteiger partial charge in [0.15, 0.2) is 30.5 Å². The van der Waals surface area contributed by atoms with Crippen LogP contribution in [-0.2, 0) is 63.7 Å². The third-order valence-corrected chi connectivity index (χ3v) is 16.9. The number of amides is 6. The van der Waals surface area contributed by atoms with Crippen LogP contribution >= 0.6 is 0 Å². The van der Waals surface area contributed by atoms with E-state index in [2.05, 4.69) is 42.5 Å². The molecule has 6 aliphatic rings. The van der Waals surface area contributed by atoms with Gasteiger partial charge in [-0.05, 0) is 36.8 Å². The molecule has 95 heavy (non-hydrogen) atoms. The lowest BCUT2D eigenvalue weighted by atomic mass is 9.95. The molecule has 0 radical (unpaired) electrons. The average molecular weight is 1350 g/mol. The van der Waals surface area contributed by atoms with Gasteiger partial charge in [-0.1, -0.05) is 44.2 Å². The number of anilines is 1. The number of nitrogens with zero attached hydrogens (tertiary/aromatic N) is 2. The summed E-state index contributed by atoms with van der Waals surface area (Å²) in [7, 11) is 0. The van der Waals surface area contributed by atoms with Crippen molar-refractivity contribution < 1.29 is 128 Å². The molecule has 2 aromatic rings. The van der Waals surface area contributed by atoms with E-state index in [-0.39, 0.29) is 29.5 Å². The fourth-order valence-electron chi connectivity index (χ4n) is 11.5. The average Bonchev–Trinajstić information content (AvgIpc) is 1.73. The lowest BCUT2D eigenvalue weighted by Crippen LogP contribution is -2.69. The van der Waals surface area contributed by atoms with Gasteiger partial charge in [0.05, 0.1) is 51.0 Å². The molecule has 6 heterocycles. The Kier molecular flexibility index (Phi) is 24.6. The zero-order chi connectivity index (χ0) is 69.4. The predicted octanol–water partition coefficient (Wildman–Crippen LogP) is -11.9. The third-order valence-electron chi connectivity index (χ3n) is 16.9. The molecule has 0 aliphatic carbocycles. The van der Waals surface area contributed by atoms with Gasteiger partial charge in [0.25, 0.3) is 0 Å². The highest BCUT2D eigenvalue weighted by Gasteiger charge is 2.55. The van der Waals surface area contributed by atoms with Crippen molar-refractivity contribution >= 4 is 59.0 Å². The number of aliphatic hydroxyl groups excluding tert-OH is 13. The van der Waals surface area contributed by atoms with Crippen LogP contribution in [0.4, 0.5) is 5.69 Å². The molecule has 6 fully saturated rings. The van der Waals surface area contributed by atoms with Crippen molar-refractivity contribution in [1.82, 2.24) is 47.4 Å². The molecule has 23 N–H and O–H groups in total. The van der Waals surface area contributed by atoms with Crippen LogP contribution in [0.2, 0.25) is 0 Å². The summed E-state index contributed by atoms with van der Waals surface area (Å²) in [5, 5.41) is 179. The van der Waals surface area contributed by atoms with Gasteiger partial charge in [0.2, 0.25) is 41.7 Å². The third kappa shape index (κ3) is 16.5. The first kappa shape index (κ1) is 73.2. The number of aliphatic hydroxyl groups is 13. The maximum Gasteiger partial charge on any atom is 0.308 e. The molecule has 38 nitrogen and oxygen atoms in total. The van der Waals surface area contributed by atoms with Crippen LogP contribution in [0.15, 0.2) is 54.6 Å². The largest absolute Gasteiger partial charge is 0.462 e. The molecule has 0 aromatic heterocycles. The van der Waals surface area contributed by atoms with Gasteiger partial charge in [0.1, 0.15) is 115 Å². The predicted molar refractivity (Wildman–Crippen MR) is 317 cm³/mol. The molecule has 2 aromatic carbocycles. The van der Waals surface area contributed by atoms with Crippen molar-refractivity contribution in [1.29, 1.82) is 10.8 Å². The Morgan fingerprint density at radius 2 is 1.21 bits per heavy atom. The second-order valence-electron chi connectivity index (χ2n) is 23.7. The van der Waals surface area contributed by atoms with E-state index in [4.69, 9.17) is 39.2 Å². The summed E-state index contributed by atoms with van der Waals surface area (Å²) in [6, 6.07) is -0.0549. The Bertz CT molecular complexity index is 3030. The number of nitrogens with one attached hydrogen (secondary N) is 10. The molecule has 38 heteroatoms. The lowest BCUT2D eigenvalue weighted by molar-refractivity contribution is -0.353. The smallest absolute Gasteiger partial charge is 0.308 e. The Morgan fingerprint density at radius 3 is 1.83 bits per heavy atom.